The summed E-state index contributed by atoms with van der Waals surface area (Å²) in [6.45, 7) is 2.20. The van der Waals surface area contributed by atoms with Crippen LogP contribution >= 0.6 is 22.9 Å². The fraction of sp³-hybridized carbons (Fsp3) is 0.667. The molecule has 0 bridgehead atoms. The zero-order valence-corrected chi connectivity index (χ0v) is 17.1. The van der Waals surface area contributed by atoms with Gasteiger partial charge in [-0.25, -0.2) is 4.79 Å². The van der Waals surface area contributed by atoms with Crippen LogP contribution in [0.1, 0.15) is 72.8 Å². The number of aliphatic hydroxyl groups excluding tert-OH is 1. The number of hydrogen-bond donors (Lipinski definition) is 2. The third kappa shape index (κ3) is 6.40. The Morgan fingerprint density at radius 3 is 2.69 bits per heavy atom. The van der Waals surface area contributed by atoms with Crippen LogP contribution in [0.5, 0.6) is 0 Å². The molecule has 4 atom stereocenters. The average Bonchev–Trinajstić information content (AvgIpc) is 3.17. The van der Waals surface area contributed by atoms with Crippen molar-refractivity contribution in [3.63, 3.8) is 0 Å². The third-order valence-corrected chi connectivity index (χ3v) is 7.00. The van der Waals surface area contributed by atoms with E-state index in [1.54, 1.807) is 6.07 Å². The molecule has 0 spiro atoms. The van der Waals surface area contributed by atoms with Crippen molar-refractivity contribution in [3.8, 4) is 0 Å². The van der Waals surface area contributed by atoms with Gasteiger partial charge in [-0.05, 0) is 68.9 Å². The van der Waals surface area contributed by atoms with Crippen LogP contribution in [0.2, 0.25) is 0 Å². The van der Waals surface area contributed by atoms with Crippen LogP contribution in [0.4, 0.5) is 0 Å². The van der Waals surface area contributed by atoms with Crippen molar-refractivity contribution in [2.75, 3.05) is 0 Å². The summed E-state index contributed by atoms with van der Waals surface area (Å²) in [6, 6.07) is 3.59. The van der Waals surface area contributed by atoms with Crippen LogP contribution in [-0.2, 0) is 6.42 Å². The number of aliphatic hydroxyl groups is 1. The van der Waals surface area contributed by atoms with E-state index in [4.69, 9.17) is 16.7 Å². The molecular formula is C21H31ClO3S. The monoisotopic (exact) mass is 398 g/mol. The largest absolute Gasteiger partial charge is 0.477 e. The van der Waals surface area contributed by atoms with Gasteiger partial charge in [-0.15, -0.1) is 22.9 Å². The van der Waals surface area contributed by atoms with Crippen LogP contribution in [-0.4, -0.2) is 27.7 Å². The van der Waals surface area contributed by atoms with Gasteiger partial charge in [-0.2, -0.15) is 0 Å². The van der Waals surface area contributed by atoms with Gasteiger partial charge in [0, 0.05) is 10.3 Å². The first-order valence-corrected chi connectivity index (χ1v) is 11.1. The Balaban J connectivity index is 1.78. The van der Waals surface area contributed by atoms with Crippen LogP contribution < -0.4 is 0 Å². The summed E-state index contributed by atoms with van der Waals surface area (Å²) < 4.78 is 0. The van der Waals surface area contributed by atoms with Gasteiger partial charge in [0.2, 0.25) is 0 Å². The first-order chi connectivity index (χ1) is 12.5. The highest BCUT2D eigenvalue weighted by molar-refractivity contribution is 7.13. The minimum Gasteiger partial charge on any atom is -0.477 e. The van der Waals surface area contributed by atoms with Crippen molar-refractivity contribution in [1.29, 1.82) is 0 Å². The van der Waals surface area contributed by atoms with Crippen molar-refractivity contribution in [2.24, 2.45) is 11.8 Å². The summed E-state index contributed by atoms with van der Waals surface area (Å²) >= 11 is 7.88. The molecule has 0 amide bonds. The normalized spacial score (nSPS) is 26.0. The first-order valence-electron chi connectivity index (χ1n) is 9.82. The molecule has 3 nitrogen and oxygen atoms in total. The molecule has 5 heteroatoms. The number of carbonyl (C=O) groups is 1. The van der Waals surface area contributed by atoms with Crippen molar-refractivity contribution in [2.45, 2.75) is 76.2 Å². The molecule has 0 radical (unpaired) electrons. The van der Waals surface area contributed by atoms with E-state index >= 15 is 0 Å². The Labute approximate surface area is 166 Å². The number of rotatable bonds is 11. The number of aryl methyl sites for hydroxylation is 1. The summed E-state index contributed by atoms with van der Waals surface area (Å²) in [4.78, 5) is 12.5. The second-order valence-corrected chi connectivity index (χ2v) is 9.03. The quantitative estimate of drug-likeness (QED) is 0.277. The van der Waals surface area contributed by atoms with Gasteiger partial charge in [-0.1, -0.05) is 31.9 Å². The molecule has 0 aliphatic heterocycles. The summed E-state index contributed by atoms with van der Waals surface area (Å²) in [5.74, 6) is -0.214. The Morgan fingerprint density at radius 1 is 1.23 bits per heavy atom. The Hall–Kier alpha value is -0.840. The fourth-order valence-electron chi connectivity index (χ4n) is 3.92. The summed E-state index contributed by atoms with van der Waals surface area (Å²) in [5, 5.41) is 19.4. The number of carboxylic acids is 1. The summed E-state index contributed by atoms with van der Waals surface area (Å²) in [6.07, 6.45) is 13.4. The first kappa shape index (κ1) is 21.5. The van der Waals surface area contributed by atoms with Gasteiger partial charge in [0.1, 0.15) is 4.88 Å². The molecule has 0 aromatic carbocycles. The summed E-state index contributed by atoms with van der Waals surface area (Å²) in [5.41, 5.74) is 0. The van der Waals surface area contributed by atoms with Gasteiger partial charge in [0.05, 0.1) is 6.10 Å². The van der Waals surface area contributed by atoms with E-state index in [0.29, 0.717) is 17.2 Å². The minimum absolute atomic E-state index is 0.0528. The standard InChI is InChI=1S/C21H31ClO3S/c1-2-3-4-5-6-7-10-17-16(18(22)14-19(17)23)11-8-9-15-12-13-20(26-15)21(24)25/h5-6,12-13,16-19,23H,2-4,7-11,14H2,1H3,(H,24,25)/b6-5+/t16-,17?,18?,19-/m1/s1. The van der Waals surface area contributed by atoms with E-state index in [9.17, 15) is 9.90 Å². The maximum absolute atomic E-state index is 11.0. The molecule has 1 aromatic heterocycles. The van der Waals surface area contributed by atoms with Crippen molar-refractivity contribution < 1.29 is 15.0 Å². The fourth-order valence-corrected chi connectivity index (χ4v) is 5.30. The molecule has 1 fully saturated rings. The highest BCUT2D eigenvalue weighted by Crippen LogP contribution is 2.41. The predicted molar refractivity (Wildman–Crippen MR) is 109 cm³/mol. The topological polar surface area (TPSA) is 57.5 Å². The third-order valence-electron chi connectivity index (χ3n) is 5.37. The highest BCUT2D eigenvalue weighted by atomic mass is 35.5. The minimum atomic E-state index is -0.854. The van der Waals surface area contributed by atoms with Gasteiger partial charge >= 0.3 is 5.97 Å². The van der Waals surface area contributed by atoms with Crippen LogP contribution in [0, 0.1) is 11.8 Å². The Morgan fingerprint density at radius 2 is 2.00 bits per heavy atom. The molecule has 146 valence electrons. The van der Waals surface area contributed by atoms with E-state index in [1.165, 1.54) is 24.2 Å². The lowest BCUT2D eigenvalue weighted by Crippen LogP contribution is -2.20. The Bertz CT molecular complexity index is 584. The number of aromatic carboxylic acids is 1. The predicted octanol–water partition coefficient (Wildman–Crippen LogP) is 5.90. The van der Waals surface area contributed by atoms with Gasteiger partial charge in [0.15, 0.2) is 0 Å². The van der Waals surface area contributed by atoms with Crippen LogP contribution in [0.15, 0.2) is 24.3 Å². The molecule has 26 heavy (non-hydrogen) atoms. The number of thiophene rings is 1. The molecule has 2 unspecified atom stereocenters. The molecule has 1 heterocycles. The van der Waals surface area contributed by atoms with Crippen LogP contribution in [0.3, 0.4) is 0 Å². The number of alkyl halides is 1. The van der Waals surface area contributed by atoms with Crippen molar-refractivity contribution >= 4 is 28.9 Å². The maximum atomic E-state index is 11.0. The molecule has 1 saturated carbocycles. The smallest absolute Gasteiger partial charge is 0.345 e. The van der Waals surface area contributed by atoms with E-state index in [2.05, 4.69) is 19.1 Å². The zero-order chi connectivity index (χ0) is 18.9. The second-order valence-electron chi connectivity index (χ2n) is 7.30. The summed E-state index contributed by atoms with van der Waals surface area (Å²) in [7, 11) is 0. The number of allylic oxidation sites excluding steroid dienone is 2. The number of hydrogen-bond acceptors (Lipinski definition) is 3. The van der Waals surface area contributed by atoms with Gasteiger partial charge in [0.25, 0.3) is 0 Å². The van der Waals surface area contributed by atoms with Gasteiger partial charge in [-0.3, -0.25) is 0 Å². The van der Waals surface area contributed by atoms with Crippen molar-refractivity contribution in [3.05, 3.63) is 34.0 Å². The number of halogens is 1. The molecule has 2 rings (SSSR count). The Kier molecular flexibility index (Phi) is 9.17. The second kappa shape index (κ2) is 11.1. The molecule has 2 N–H and O–H groups in total. The van der Waals surface area contributed by atoms with E-state index in [1.807, 2.05) is 6.07 Å². The molecule has 1 aliphatic carbocycles. The lowest BCUT2D eigenvalue weighted by molar-refractivity contribution is 0.0702. The molecule has 0 saturated heterocycles. The lowest BCUT2D eigenvalue weighted by atomic mass is 9.86. The molecule has 1 aromatic rings. The van der Waals surface area contributed by atoms with E-state index < -0.39 is 5.97 Å². The molecule has 1 aliphatic rings. The number of carboxylic acid groups (broad SMARTS) is 1. The van der Waals surface area contributed by atoms with E-state index in [0.717, 1.165) is 43.4 Å². The van der Waals surface area contributed by atoms with Crippen LogP contribution in [0.25, 0.3) is 0 Å². The SMILES string of the molecule is CCCC/C=C/CCC1[C@@H](CCCc2ccc(C(=O)O)s2)C(Cl)C[C@H]1O. The highest BCUT2D eigenvalue weighted by Gasteiger charge is 2.40. The van der Waals surface area contributed by atoms with Crippen molar-refractivity contribution in [1.82, 2.24) is 0 Å². The average molecular weight is 399 g/mol. The van der Waals surface area contributed by atoms with Gasteiger partial charge < -0.3 is 10.2 Å². The number of unbranched alkanes of at least 4 members (excludes halogenated alkanes) is 2. The zero-order valence-electron chi connectivity index (χ0n) is 15.6. The molecular weight excluding hydrogens is 368 g/mol. The maximum Gasteiger partial charge on any atom is 0.345 e. The van der Waals surface area contributed by atoms with E-state index in [-0.39, 0.29) is 17.4 Å². The lowest BCUT2D eigenvalue weighted by Gasteiger charge is -2.23.